The van der Waals surface area contributed by atoms with Crippen molar-refractivity contribution in [3.05, 3.63) is 35.9 Å². The molecule has 2 aliphatic heterocycles. The molecule has 2 fully saturated rings. The van der Waals surface area contributed by atoms with Crippen LogP contribution < -0.4 is 5.32 Å². The first-order chi connectivity index (χ1) is 13.1. The van der Waals surface area contributed by atoms with E-state index < -0.39 is 5.97 Å². The van der Waals surface area contributed by atoms with Crippen molar-refractivity contribution >= 4 is 12.0 Å². The van der Waals surface area contributed by atoms with E-state index >= 15 is 0 Å². The van der Waals surface area contributed by atoms with Gasteiger partial charge in [0.05, 0.1) is 13.2 Å². The van der Waals surface area contributed by atoms with Crippen molar-refractivity contribution in [1.29, 1.82) is 0 Å². The molecule has 0 aromatic heterocycles. The highest BCUT2D eigenvalue weighted by Gasteiger charge is 2.32. The van der Waals surface area contributed by atoms with Gasteiger partial charge in [0, 0.05) is 31.5 Å². The van der Waals surface area contributed by atoms with E-state index in [4.69, 9.17) is 14.6 Å². The zero-order chi connectivity index (χ0) is 19.1. The maximum absolute atomic E-state index is 12.7. The van der Waals surface area contributed by atoms with E-state index in [2.05, 4.69) is 5.32 Å². The molecule has 1 unspecified atom stereocenters. The quantitative estimate of drug-likeness (QED) is 0.762. The van der Waals surface area contributed by atoms with Crippen molar-refractivity contribution < 1.29 is 24.2 Å². The van der Waals surface area contributed by atoms with Crippen LogP contribution >= 0.6 is 0 Å². The molecule has 3 rings (SSSR count). The summed E-state index contributed by atoms with van der Waals surface area (Å²) in [6.07, 6.45) is 2.66. The van der Waals surface area contributed by atoms with Gasteiger partial charge in [-0.3, -0.25) is 4.79 Å². The number of benzene rings is 1. The summed E-state index contributed by atoms with van der Waals surface area (Å²) in [6.45, 7) is 2.62. The second kappa shape index (κ2) is 9.71. The highest BCUT2D eigenvalue weighted by molar-refractivity contribution is 5.75. The first-order valence-electron chi connectivity index (χ1n) is 9.66. The van der Waals surface area contributed by atoms with Gasteiger partial charge in [0.2, 0.25) is 0 Å². The summed E-state index contributed by atoms with van der Waals surface area (Å²) in [4.78, 5) is 25.4. The molecule has 0 saturated carbocycles. The van der Waals surface area contributed by atoms with Crippen molar-refractivity contribution in [3.63, 3.8) is 0 Å². The minimum Gasteiger partial charge on any atom is -0.481 e. The Bertz CT molecular complexity index is 610. The molecule has 0 radical (unpaired) electrons. The van der Waals surface area contributed by atoms with Crippen LogP contribution in [-0.2, 0) is 20.7 Å². The number of amides is 2. The molecule has 2 heterocycles. The number of nitrogens with one attached hydrogen (secondary N) is 1. The minimum absolute atomic E-state index is 0.0379. The Kier molecular flexibility index (Phi) is 7.06. The summed E-state index contributed by atoms with van der Waals surface area (Å²) < 4.78 is 11.2. The Morgan fingerprint density at radius 1 is 1.15 bits per heavy atom. The van der Waals surface area contributed by atoms with Crippen molar-refractivity contribution in [1.82, 2.24) is 10.2 Å². The standard InChI is InChI=1S/C20H28N2O5/c23-18(24)7-6-17(14-15-4-2-1-3-5-15)21-20(25)22-10-8-16(9-11-22)19-26-12-13-27-19/h1-5,16-17,19H,6-14H2,(H,21,25)(H,23,24). The first kappa shape index (κ1) is 19.6. The van der Waals surface area contributed by atoms with Crippen LogP contribution in [0.25, 0.3) is 0 Å². The van der Waals surface area contributed by atoms with Crippen molar-refractivity contribution in [2.75, 3.05) is 26.3 Å². The lowest BCUT2D eigenvalue weighted by molar-refractivity contribution is -0.137. The van der Waals surface area contributed by atoms with E-state index in [9.17, 15) is 9.59 Å². The van der Waals surface area contributed by atoms with Gasteiger partial charge < -0.3 is 24.8 Å². The third-order valence-corrected chi connectivity index (χ3v) is 5.22. The average molecular weight is 376 g/mol. The van der Waals surface area contributed by atoms with E-state index in [1.807, 2.05) is 35.2 Å². The molecule has 1 atom stereocenters. The molecule has 7 nitrogen and oxygen atoms in total. The number of rotatable bonds is 7. The molecule has 7 heteroatoms. The Morgan fingerprint density at radius 3 is 2.44 bits per heavy atom. The lowest BCUT2D eigenvalue weighted by Crippen LogP contribution is -2.49. The number of carboxylic acid groups (broad SMARTS) is 1. The molecule has 2 aliphatic rings. The van der Waals surface area contributed by atoms with E-state index in [1.54, 1.807) is 0 Å². The second-order valence-electron chi connectivity index (χ2n) is 7.20. The average Bonchev–Trinajstić information content (AvgIpc) is 3.22. The fourth-order valence-electron chi connectivity index (χ4n) is 3.71. The topological polar surface area (TPSA) is 88.1 Å². The number of piperidine rings is 1. The van der Waals surface area contributed by atoms with Crippen LogP contribution in [0.2, 0.25) is 0 Å². The summed E-state index contributed by atoms with van der Waals surface area (Å²) in [6, 6.07) is 9.51. The number of likely N-dealkylation sites (tertiary alicyclic amines) is 1. The van der Waals surface area contributed by atoms with E-state index in [-0.39, 0.29) is 24.8 Å². The predicted octanol–water partition coefficient (Wildman–Crippen LogP) is 2.26. The SMILES string of the molecule is O=C(O)CCC(Cc1ccccc1)NC(=O)N1CCC(C2OCCO2)CC1. The third kappa shape index (κ3) is 5.94. The maximum atomic E-state index is 12.7. The number of carboxylic acids is 1. The van der Waals surface area contributed by atoms with Gasteiger partial charge in [0.1, 0.15) is 0 Å². The Hall–Kier alpha value is -2.12. The molecule has 148 valence electrons. The Morgan fingerprint density at radius 2 is 1.81 bits per heavy atom. The largest absolute Gasteiger partial charge is 0.481 e. The molecule has 1 aromatic rings. The van der Waals surface area contributed by atoms with E-state index in [0.717, 1.165) is 18.4 Å². The lowest BCUT2D eigenvalue weighted by Gasteiger charge is -2.34. The summed E-state index contributed by atoms with van der Waals surface area (Å²) in [5, 5.41) is 12.0. The lowest BCUT2D eigenvalue weighted by atomic mass is 9.96. The van der Waals surface area contributed by atoms with Crippen LogP contribution in [-0.4, -0.2) is 60.6 Å². The van der Waals surface area contributed by atoms with Gasteiger partial charge in [0.15, 0.2) is 6.29 Å². The summed E-state index contributed by atoms with van der Waals surface area (Å²) in [7, 11) is 0. The summed E-state index contributed by atoms with van der Waals surface area (Å²) >= 11 is 0. The van der Waals surface area contributed by atoms with Gasteiger partial charge >= 0.3 is 12.0 Å². The van der Waals surface area contributed by atoms with Crippen LogP contribution in [0.5, 0.6) is 0 Å². The number of carbonyl (C=O) groups excluding carboxylic acids is 1. The van der Waals surface area contributed by atoms with Gasteiger partial charge in [-0.1, -0.05) is 30.3 Å². The first-order valence-corrected chi connectivity index (χ1v) is 9.66. The number of urea groups is 1. The summed E-state index contributed by atoms with van der Waals surface area (Å²) in [5.74, 6) is -0.511. The van der Waals surface area contributed by atoms with Crippen LogP contribution in [0, 0.1) is 5.92 Å². The van der Waals surface area contributed by atoms with E-state index in [1.165, 1.54) is 0 Å². The minimum atomic E-state index is -0.848. The highest BCUT2D eigenvalue weighted by atomic mass is 16.7. The van der Waals surface area contributed by atoms with Crippen LogP contribution in [0.3, 0.4) is 0 Å². The molecule has 2 amide bonds. The maximum Gasteiger partial charge on any atom is 0.317 e. The van der Waals surface area contributed by atoms with Gasteiger partial charge in [-0.05, 0) is 31.2 Å². The van der Waals surface area contributed by atoms with Crippen LogP contribution in [0.1, 0.15) is 31.2 Å². The predicted molar refractivity (Wildman–Crippen MR) is 99.3 cm³/mol. The molecule has 2 saturated heterocycles. The number of hydrogen-bond donors (Lipinski definition) is 2. The molecule has 0 aliphatic carbocycles. The smallest absolute Gasteiger partial charge is 0.317 e. The van der Waals surface area contributed by atoms with Crippen LogP contribution in [0.4, 0.5) is 4.79 Å². The number of aliphatic carboxylic acids is 1. The molecule has 1 aromatic carbocycles. The molecule has 27 heavy (non-hydrogen) atoms. The summed E-state index contributed by atoms with van der Waals surface area (Å²) in [5.41, 5.74) is 1.09. The van der Waals surface area contributed by atoms with Gasteiger partial charge in [-0.2, -0.15) is 0 Å². The van der Waals surface area contributed by atoms with Gasteiger partial charge in [-0.25, -0.2) is 4.79 Å². The van der Waals surface area contributed by atoms with E-state index in [0.29, 0.717) is 45.1 Å². The molecular weight excluding hydrogens is 348 g/mol. The number of hydrogen-bond acceptors (Lipinski definition) is 4. The number of nitrogens with zero attached hydrogens (tertiary/aromatic N) is 1. The second-order valence-corrected chi connectivity index (χ2v) is 7.20. The number of carbonyl (C=O) groups is 2. The molecular formula is C20H28N2O5. The Balaban J connectivity index is 1.51. The van der Waals surface area contributed by atoms with Crippen molar-refractivity contribution in [2.45, 2.75) is 44.4 Å². The molecule has 2 N–H and O–H groups in total. The number of ether oxygens (including phenoxy) is 2. The van der Waals surface area contributed by atoms with Gasteiger partial charge in [-0.15, -0.1) is 0 Å². The van der Waals surface area contributed by atoms with Crippen molar-refractivity contribution in [3.8, 4) is 0 Å². The Labute approximate surface area is 159 Å². The van der Waals surface area contributed by atoms with Crippen LogP contribution in [0.15, 0.2) is 30.3 Å². The molecule has 0 bridgehead atoms. The highest BCUT2D eigenvalue weighted by Crippen LogP contribution is 2.25. The van der Waals surface area contributed by atoms with Crippen molar-refractivity contribution in [2.24, 2.45) is 5.92 Å². The fraction of sp³-hybridized carbons (Fsp3) is 0.600. The normalized spacial score (nSPS) is 19.8. The fourth-order valence-corrected chi connectivity index (χ4v) is 3.71. The zero-order valence-corrected chi connectivity index (χ0v) is 15.5. The third-order valence-electron chi connectivity index (χ3n) is 5.22. The zero-order valence-electron chi connectivity index (χ0n) is 15.5. The monoisotopic (exact) mass is 376 g/mol. The van der Waals surface area contributed by atoms with Gasteiger partial charge in [0.25, 0.3) is 0 Å². The molecule has 0 spiro atoms.